The van der Waals surface area contributed by atoms with Gasteiger partial charge in [0.2, 0.25) is 11.8 Å². The van der Waals surface area contributed by atoms with E-state index in [1.165, 1.54) is 0 Å². The van der Waals surface area contributed by atoms with Crippen LogP contribution in [-0.2, 0) is 22.6 Å². The molecule has 1 saturated heterocycles. The molecule has 8 heteroatoms. The molecule has 3 rings (SSSR count). The number of hydrogen-bond donors (Lipinski definition) is 3. The average molecular weight is 373 g/mol. The molecule has 1 atom stereocenters. The third kappa shape index (κ3) is 4.77. The zero-order chi connectivity index (χ0) is 19.4. The Labute approximate surface area is 158 Å². The first-order chi connectivity index (χ1) is 12.9. The van der Waals surface area contributed by atoms with Crippen LogP contribution in [0.4, 0.5) is 0 Å². The van der Waals surface area contributed by atoms with Crippen LogP contribution in [0.25, 0.3) is 0 Å². The fraction of sp³-hybridized carbons (Fsp3) is 0.526. The second-order valence-corrected chi connectivity index (χ2v) is 7.01. The van der Waals surface area contributed by atoms with Crippen LogP contribution in [0.1, 0.15) is 34.9 Å². The Morgan fingerprint density at radius 2 is 2.19 bits per heavy atom. The second-order valence-electron chi connectivity index (χ2n) is 7.01. The number of piperazine rings is 1. The van der Waals surface area contributed by atoms with E-state index in [1.54, 1.807) is 0 Å². The Balaban J connectivity index is 1.54. The number of carbonyl (C=O) groups excluding carboxylic acids is 2. The first-order valence-corrected chi connectivity index (χ1v) is 9.28. The summed E-state index contributed by atoms with van der Waals surface area (Å²) in [6, 6.07) is 3.33. The number of amides is 2. The fourth-order valence-corrected chi connectivity index (χ4v) is 3.46. The van der Waals surface area contributed by atoms with Gasteiger partial charge >= 0.3 is 0 Å². The minimum absolute atomic E-state index is 0.110. The first-order valence-electron chi connectivity index (χ1n) is 9.28. The van der Waals surface area contributed by atoms with Gasteiger partial charge in [-0.25, -0.2) is 0 Å². The predicted molar refractivity (Wildman–Crippen MR) is 100 cm³/mol. The molecule has 8 nitrogen and oxygen atoms in total. The van der Waals surface area contributed by atoms with Crippen molar-refractivity contribution < 1.29 is 14.0 Å². The van der Waals surface area contributed by atoms with Crippen molar-refractivity contribution in [3.63, 3.8) is 0 Å². The molecule has 2 aromatic rings. The Hall–Kier alpha value is -2.61. The van der Waals surface area contributed by atoms with Gasteiger partial charge in [0.1, 0.15) is 11.5 Å². The summed E-state index contributed by atoms with van der Waals surface area (Å²) in [5.74, 6) is 1.40. The molecule has 0 spiro atoms. The van der Waals surface area contributed by atoms with Crippen LogP contribution in [-0.4, -0.2) is 52.6 Å². The summed E-state index contributed by atoms with van der Waals surface area (Å²) in [6.45, 7) is 8.12. The smallest absolute Gasteiger partial charge is 0.237 e. The summed E-state index contributed by atoms with van der Waals surface area (Å²) < 4.78 is 5.62. The van der Waals surface area contributed by atoms with Crippen LogP contribution in [0.5, 0.6) is 0 Å². The highest BCUT2D eigenvalue weighted by Gasteiger charge is 2.32. The van der Waals surface area contributed by atoms with E-state index in [1.807, 2.05) is 37.8 Å². The van der Waals surface area contributed by atoms with E-state index in [0.29, 0.717) is 32.6 Å². The topological polar surface area (TPSA) is 103 Å². The summed E-state index contributed by atoms with van der Waals surface area (Å²) in [5.41, 5.74) is 3.10. The molecule has 1 aliphatic rings. The quantitative estimate of drug-likeness (QED) is 0.671. The highest BCUT2D eigenvalue weighted by atomic mass is 16.3. The molecule has 0 aliphatic carbocycles. The monoisotopic (exact) mass is 373 g/mol. The second kappa shape index (κ2) is 8.39. The minimum Gasteiger partial charge on any atom is -0.465 e. The molecule has 3 heterocycles. The van der Waals surface area contributed by atoms with Gasteiger partial charge in [-0.3, -0.25) is 19.6 Å². The van der Waals surface area contributed by atoms with Gasteiger partial charge in [-0.15, -0.1) is 0 Å². The van der Waals surface area contributed by atoms with Crippen LogP contribution >= 0.6 is 0 Å². The molecule has 27 heavy (non-hydrogen) atoms. The maximum absolute atomic E-state index is 12.4. The van der Waals surface area contributed by atoms with E-state index in [9.17, 15) is 9.59 Å². The SMILES string of the molecule is Cc1ccc(CN2CCNC(=O)C2CC(=O)NCCc2c(C)n[nH]c2C)o1. The molecule has 0 radical (unpaired) electrons. The molecule has 1 unspecified atom stereocenters. The van der Waals surface area contributed by atoms with Crippen molar-refractivity contribution in [1.29, 1.82) is 0 Å². The Morgan fingerprint density at radius 3 is 2.85 bits per heavy atom. The summed E-state index contributed by atoms with van der Waals surface area (Å²) in [4.78, 5) is 26.7. The van der Waals surface area contributed by atoms with Crippen molar-refractivity contribution >= 4 is 11.8 Å². The molecular weight excluding hydrogens is 346 g/mol. The summed E-state index contributed by atoms with van der Waals surface area (Å²) in [5, 5.41) is 12.9. The third-order valence-corrected chi connectivity index (χ3v) is 4.95. The number of nitrogens with one attached hydrogen (secondary N) is 3. The molecule has 0 aromatic carbocycles. The van der Waals surface area contributed by atoms with Crippen LogP contribution in [0.15, 0.2) is 16.5 Å². The molecule has 0 saturated carbocycles. The van der Waals surface area contributed by atoms with Crippen LogP contribution in [0.2, 0.25) is 0 Å². The van der Waals surface area contributed by atoms with Gasteiger partial charge in [0.05, 0.1) is 24.7 Å². The van der Waals surface area contributed by atoms with E-state index in [2.05, 4.69) is 20.8 Å². The Morgan fingerprint density at radius 1 is 1.37 bits per heavy atom. The molecule has 2 aromatic heterocycles. The van der Waals surface area contributed by atoms with Crippen molar-refractivity contribution in [2.75, 3.05) is 19.6 Å². The van der Waals surface area contributed by atoms with Crippen LogP contribution in [0.3, 0.4) is 0 Å². The molecular formula is C19H27N5O3. The zero-order valence-corrected chi connectivity index (χ0v) is 16.1. The lowest BCUT2D eigenvalue weighted by molar-refractivity contribution is -0.134. The van der Waals surface area contributed by atoms with Crippen LogP contribution in [0, 0.1) is 20.8 Å². The number of furan rings is 1. The van der Waals surface area contributed by atoms with E-state index in [-0.39, 0.29) is 18.2 Å². The van der Waals surface area contributed by atoms with Gasteiger partial charge in [-0.1, -0.05) is 0 Å². The van der Waals surface area contributed by atoms with Gasteiger partial charge in [-0.2, -0.15) is 5.10 Å². The first kappa shape index (κ1) is 19.2. The number of rotatable bonds is 7. The lowest BCUT2D eigenvalue weighted by Crippen LogP contribution is -2.56. The largest absolute Gasteiger partial charge is 0.465 e. The summed E-state index contributed by atoms with van der Waals surface area (Å²) in [6.07, 6.45) is 0.848. The van der Waals surface area contributed by atoms with E-state index in [4.69, 9.17) is 4.42 Å². The van der Waals surface area contributed by atoms with Crippen molar-refractivity contribution in [2.45, 2.75) is 46.2 Å². The fourth-order valence-electron chi connectivity index (χ4n) is 3.46. The maximum atomic E-state index is 12.4. The average Bonchev–Trinajstić information content (AvgIpc) is 3.17. The Kier molecular flexibility index (Phi) is 5.95. The molecule has 1 fully saturated rings. The molecule has 3 N–H and O–H groups in total. The van der Waals surface area contributed by atoms with Crippen LogP contribution < -0.4 is 10.6 Å². The predicted octanol–water partition coefficient (Wildman–Crippen LogP) is 0.977. The van der Waals surface area contributed by atoms with Gasteiger partial charge in [0.25, 0.3) is 0 Å². The number of carbonyl (C=O) groups is 2. The minimum atomic E-state index is -0.485. The maximum Gasteiger partial charge on any atom is 0.237 e. The van der Waals surface area contributed by atoms with Gasteiger partial charge in [0.15, 0.2) is 0 Å². The summed E-state index contributed by atoms with van der Waals surface area (Å²) in [7, 11) is 0. The number of aryl methyl sites for hydroxylation is 3. The zero-order valence-electron chi connectivity index (χ0n) is 16.1. The number of aromatic nitrogens is 2. The van der Waals surface area contributed by atoms with Crippen molar-refractivity contribution in [3.05, 3.63) is 40.6 Å². The van der Waals surface area contributed by atoms with Crippen molar-refractivity contribution in [2.24, 2.45) is 0 Å². The number of nitrogens with zero attached hydrogens (tertiary/aromatic N) is 2. The van der Waals surface area contributed by atoms with E-state index >= 15 is 0 Å². The Bertz CT molecular complexity index is 791. The van der Waals surface area contributed by atoms with Crippen molar-refractivity contribution in [1.82, 2.24) is 25.7 Å². The van der Waals surface area contributed by atoms with E-state index < -0.39 is 6.04 Å². The van der Waals surface area contributed by atoms with Gasteiger partial charge in [0, 0.05) is 25.3 Å². The van der Waals surface area contributed by atoms with Gasteiger partial charge < -0.3 is 15.1 Å². The lowest BCUT2D eigenvalue weighted by atomic mass is 10.1. The standard InChI is InChI=1S/C19H27N5O3/c1-12-4-5-15(27-12)11-24-9-8-21-19(26)17(24)10-18(25)20-7-6-16-13(2)22-23-14(16)3/h4-5,17H,6-11H2,1-3H3,(H,20,25)(H,21,26)(H,22,23). The summed E-state index contributed by atoms with van der Waals surface area (Å²) >= 11 is 0. The van der Waals surface area contributed by atoms with Crippen molar-refractivity contribution in [3.8, 4) is 0 Å². The molecule has 0 bridgehead atoms. The number of H-pyrrole nitrogens is 1. The number of aromatic amines is 1. The molecule has 2 amide bonds. The highest BCUT2D eigenvalue weighted by molar-refractivity contribution is 5.88. The third-order valence-electron chi connectivity index (χ3n) is 4.95. The molecule has 1 aliphatic heterocycles. The van der Waals surface area contributed by atoms with Gasteiger partial charge in [-0.05, 0) is 44.9 Å². The number of hydrogen-bond acceptors (Lipinski definition) is 5. The lowest BCUT2D eigenvalue weighted by Gasteiger charge is -2.34. The normalized spacial score (nSPS) is 17.7. The molecule has 146 valence electrons. The van der Waals surface area contributed by atoms with E-state index in [0.717, 1.165) is 28.5 Å². The highest BCUT2D eigenvalue weighted by Crippen LogP contribution is 2.16.